The summed E-state index contributed by atoms with van der Waals surface area (Å²) in [6.07, 6.45) is -2.60. The molecule has 0 aromatic carbocycles. The van der Waals surface area contributed by atoms with Gasteiger partial charge in [0, 0.05) is 24.2 Å². The highest BCUT2D eigenvalue weighted by Gasteiger charge is 2.33. The van der Waals surface area contributed by atoms with Gasteiger partial charge >= 0.3 is 5.97 Å². The molecule has 0 fully saturated rings. The van der Waals surface area contributed by atoms with Gasteiger partial charge in [-0.1, -0.05) is 20.8 Å². The Hall–Kier alpha value is -1.43. The van der Waals surface area contributed by atoms with Gasteiger partial charge in [0.25, 0.3) is 0 Å². The minimum Gasteiger partial charge on any atom is -0.479 e. The van der Waals surface area contributed by atoms with E-state index < -0.39 is 23.7 Å². The number of halogens is 1. The first-order valence-electron chi connectivity index (χ1n) is 5.23. The highest BCUT2D eigenvalue weighted by molar-refractivity contribution is 5.73. The van der Waals surface area contributed by atoms with Crippen LogP contribution in [-0.2, 0) is 17.3 Å². The topological polar surface area (TPSA) is 75.4 Å². The van der Waals surface area contributed by atoms with E-state index >= 15 is 0 Å². The lowest BCUT2D eigenvalue weighted by Gasteiger charge is -2.20. The quantitative estimate of drug-likeness (QED) is 0.837. The van der Waals surface area contributed by atoms with E-state index in [1.807, 2.05) is 20.8 Å². The van der Waals surface area contributed by atoms with Crippen molar-refractivity contribution < 1.29 is 19.4 Å². The van der Waals surface area contributed by atoms with E-state index in [-0.39, 0.29) is 5.56 Å². The van der Waals surface area contributed by atoms with Crippen LogP contribution in [0.4, 0.5) is 4.39 Å². The monoisotopic (exact) mass is 244 g/mol. The summed E-state index contributed by atoms with van der Waals surface area (Å²) in [5.74, 6) is -1.68. The van der Waals surface area contributed by atoms with Gasteiger partial charge in [0.05, 0.1) is 5.69 Å². The summed E-state index contributed by atoms with van der Waals surface area (Å²) >= 11 is 0. The summed E-state index contributed by atoms with van der Waals surface area (Å²) in [7, 11) is 1.64. The molecule has 2 unspecified atom stereocenters. The molecule has 0 radical (unpaired) electrons. The van der Waals surface area contributed by atoms with Crippen LogP contribution >= 0.6 is 0 Å². The van der Waals surface area contributed by atoms with Crippen LogP contribution in [0.1, 0.15) is 38.1 Å². The second kappa shape index (κ2) is 4.44. The Bertz CT molecular complexity index is 423. The van der Waals surface area contributed by atoms with Gasteiger partial charge in [0.15, 0.2) is 0 Å². The van der Waals surface area contributed by atoms with Crippen LogP contribution in [0, 0.1) is 0 Å². The Labute approximate surface area is 98.9 Å². The van der Waals surface area contributed by atoms with Gasteiger partial charge in [0.2, 0.25) is 6.17 Å². The molecule has 0 spiro atoms. The lowest BCUT2D eigenvalue weighted by Crippen LogP contribution is -2.25. The second-order valence-corrected chi connectivity index (χ2v) is 5.04. The van der Waals surface area contributed by atoms with Gasteiger partial charge in [-0.2, -0.15) is 5.10 Å². The first-order chi connectivity index (χ1) is 7.64. The third-order valence-electron chi connectivity index (χ3n) is 2.40. The zero-order chi connectivity index (χ0) is 13.4. The van der Waals surface area contributed by atoms with Gasteiger partial charge in [-0.05, 0) is 0 Å². The normalized spacial score (nSPS) is 15.6. The first-order valence-corrected chi connectivity index (χ1v) is 5.23. The number of aliphatic hydroxyl groups is 1. The second-order valence-electron chi connectivity index (χ2n) is 5.04. The molecule has 17 heavy (non-hydrogen) atoms. The van der Waals surface area contributed by atoms with Crippen LogP contribution in [0.3, 0.4) is 0 Å². The standard InChI is InChI=1S/C11H17FN2O3/c1-11(2,3)9-6(5-14(4)13-9)8(15)7(12)10(16)17/h5,7-8,15H,1-4H3,(H,16,17). The van der Waals surface area contributed by atoms with E-state index in [4.69, 9.17) is 5.11 Å². The van der Waals surface area contributed by atoms with Crippen molar-refractivity contribution in [3.63, 3.8) is 0 Å². The summed E-state index contributed by atoms with van der Waals surface area (Å²) in [5.41, 5.74) is 0.321. The van der Waals surface area contributed by atoms with Crippen LogP contribution < -0.4 is 0 Å². The molecule has 0 bridgehead atoms. The Morgan fingerprint density at radius 1 is 1.53 bits per heavy atom. The Morgan fingerprint density at radius 3 is 2.47 bits per heavy atom. The number of aryl methyl sites for hydroxylation is 1. The Kier molecular flexibility index (Phi) is 3.56. The van der Waals surface area contributed by atoms with Crippen molar-refractivity contribution in [3.05, 3.63) is 17.5 Å². The molecule has 2 N–H and O–H groups in total. The number of aliphatic carboxylic acids is 1. The molecule has 6 heteroatoms. The molecule has 2 atom stereocenters. The van der Waals surface area contributed by atoms with Crippen LogP contribution in [0.2, 0.25) is 0 Å². The molecule has 1 rings (SSSR count). The van der Waals surface area contributed by atoms with Gasteiger partial charge in [-0.15, -0.1) is 0 Å². The summed E-state index contributed by atoms with van der Waals surface area (Å²) in [4.78, 5) is 10.5. The number of aliphatic hydroxyl groups excluding tert-OH is 1. The molecule has 0 amide bonds. The molecular weight excluding hydrogens is 227 g/mol. The number of carboxylic acids is 1. The zero-order valence-corrected chi connectivity index (χ0v) is 10.3. The molecule has 0 saturated carbocycles. The summed E-state index contributed by atoms with van der Waals surface area (Å²) in [6, 6.07) is 0. The summed E-state index contributed by atoms with van der Waals surface area (Å²) in [5, 5.41) is 22.4. The van der Waals surface area contributed by atoms with Crippen LogP contribution in [-0.4, -0.2) is 32.1 Å². The number of nitrogens with zero attached hydrogens (tertiary/aromatic N) is 2. The zero-order valence-electron chi connectivity index (χ0n) is 10.3. The van der Waals surface area contributed by atoms with Crippen LogP contribution in [0.25, 0.3) is 0 Å². The lowest BCUT2D eigenvalue weighted by molar-refractivity contribution is -0.147. The molecule has 5 nitrogen and oxygen atoms in total. The maximum atomic E-state index is 13.3. The molecular formula is C11H17FN2O3. The lowest BCUT2D eigenvalue weighted by atomic mass is 9.87. The Morgan fingerprint density at radius 2 is 2.06 bits per heavy atom. The van der Waals surface area contributed by atoms with E-state index in [0.29, 0.717) is 5.69 Å². The average molecular weight is 244 g/mol. The summed E-state index contributed by atoms with van der Waals surface area (Å²) < 4.78 is 14.7. The maximum absolute atomic E-state index is 13.3. The molecule has 1 aromatic rings. The van der Waals surface area contributed by atoms with E-state index in [2.05, 4.69) is 5.10 Å². The third-order valence-corrected chi connectivity index (χ3v) is 2.40. The van der Waals surface area contributed by atoms with Gasteiger partial charge in [0.1, 0.15) is 6.10 Å². The van der Waals surface area contributed by atoms with Crippen molar-refractivity contribution in [1.82, 2.24) is 9.78 Å². The van der Waals surface area contributed by atoms with E-state index in [1.54, 1.807) is 7.05 Å². The molecule has 0 aliphatic carbocycles. The number of rotatable bonds is 3. The Balaban J connectivity index is 3.18. The first kappa shape index (κ1) is 13.6. The highest BCUT2D eigenvalue weighted by Crippen LogP contribution is 2.30. The fraction of sp³-hybridized carbons (Fsp3) is 0.636. The number of hydrogen-bond donors (Lipinski definition) is 2. The number of carbonyl (C=O) groups is 1. The third kappa shape index (κ3) is 2.82. The number of carboxylic acid groups (broad SMARTS) is 1. The number of hydrogen-bond acceptors (Lipinski definition) is 3. The number of aromatic nitrogens is 2. The average Bonchev–Trinajstić information content (AvgIpc) is 2.57. The predicted octanol–water partition coefficient (Wildman–Crippen LogP) is 1.17. The largest absolute Gasteiger partial charge is 0.479 e. The van der Waals surface area contributed by atoms with Crippen molar-refractivity contribution in [2.45, 2.75) is 38.5 Å². The molecule has 0 saturated heterocycles. The fourth-order valence-corrected chi connectivity index (χ4v) is 1.60. The van der Waals surface area contributed by atoms with E-state index in [9.17, 15) is 14.3 Å². The smallest absolute Gasteiger partial charge is 0.341 e. The van der Waals surface area contributed by atoms with E-state index in [0.717, 1.165) is 0 Å². The van der Waals surface area contributed by atoms with Crippen molar-refractivity contribution in [3.8, 4) is 0 Å². The molecule has 0 aliphatic heterocycles. The molecule has 1 aromatic heterocycles. The van der Waals surface area contributed by atoms with Crippen molar-refractivity contribution in [1.29, 1.82) is 0 Å². The van der Waals surface area contributed by atoms with Crippen molar-refractivity contribution >= 4 is 5.97 Å². The van der Waals surface area contributed by atoms with Crippen LogP contribution in [0.15, 0.2) is 6.20 Å². The van der Waals surface area contributed by atoms with E-state index in [1.165, 1.54) is 10.9 Å². The van der Waals surface area contributed by atoms with Crippen molar-refractivity contribution in [2.24, 2.45) is 7.05 Å². The van der Waals surface area contributed by atoms with Crippen molar-refractivity contribution in [2.75, 3.05) is 0 Å². The maximum Gasteiger partial charge on any atom is 0.341 e. The van der Waals surface area contributed by atoms with Crippen LogP contribution in [0.5, 0.6) is 0 Å². The molecule has 1 heterocycles. The minimum atomic E-state index is -2.35. The highest BCUT2D eigenvalue weighted by atomic mass is 19.1. The molecule has 0 aliphatic rings. The SMILES string of the molecule is Cn1cc(C(O)C(F)C(=O)O)c(C(C)(C)C)n1. The van der Waals surface area contributed by atoms with Gasteiger partial charge < -0.3 is 10.2 Å². The fourth-order valence-electron chi connectivity index (χ4n) is 1.60. The predicted molar refractivity (Wildman–Crippen MR) is 59.4 cm³/mol. The van der Waals surface area contributed by atoms with Gasteiger partial charge in [-0.25, -0.2) is 9.18 Å². The summed E-state index contributed by atoms with van der Waals surface area (Å²) in [6.45, 7) is 5.58. The molecule has 96 valence electrons. The number of alkyl halides is 1. The minimum absolute atomic E-state index is 0.218. The van der Waals surface area contributed by atoms with Gasteiger partial charge in [-0.3, -0.25) is 4.68 Å².